The van der Waals surface area contributed by atoms with E-state index in [0.29, 0.717) is 13.0 Å². The summed E-state index contributed by atoms with van der Waals surface area (Å²) in [7, 11) is 0. The van der Waals surface area contributed by atoms with E-state index < -0.39 is 0 Å². The Morgan fingerprint density at radius 3 is 2.53 bits per heavy atom. The first-order chi connectivity index (χ1) is 9.11. The van der Waals surface area contributed by atoms with Gasteiger partial charge in [-0.3, -0.25) is 4.79 Å². The molecule has 0 bridgehead atoms. The van der Waals surface area contributed by atoms with Crippen LogP contribution in [0, 0.1) is 17.8 Å². The van der Waals surface area contributed by atoms with Crippen molar-refractivity contribution in [2.75, 3.05) is 6.54 Å². The molecular weight excluding hydrogens is 234 g/mol. The fourth-order valence-electron chi connectivity index (χ4n) is 1.62. The lowest BCUT2D eigenvalue weighted by Crippen LogP contribution is -2.22. The molecule has 1 aromatic carbocycles. The molecule has 0 aromatic heterocycles. The van der Waals surface area contributed by atoms with Gasteiger partial charge in [-0.2, -0.15) is 0 Å². The van der Waals surface area contributed by atoms with Gasteiger partial charge < -0.3 is 5.32 Å². The number of aryl methyl sites for hydroxylation is 1. The van der Waals surface area contributed by atoms with Crippen LogP contribution in [0.1, 0.15) is 44.7 Å². The molecule has 1 amide bonds. The van der Waals surface area contributed by atoms with Gasteiger partial charge in [0.05, 0.1) is 6.54 Å². The molecule has 0 atom stereocenters. The van der Waals surface area contributed by atoms with Gasteiger partial charge in [0.25, 0.3) is 0 Å². The molecule has 19 heavy (non-hydrogen) atoms. The van der Waals surface area contributed by atoms with Gasteiger partial charge in [-0.1, -0.05) is 44.7 Å². The van der Waals surface area contributed by atoms with Gasteiger partial charge in [-0.15, -0.1) is 0 Å². The summed E-state index contributed by atoms with van der Waals surface area (Å²) < 4.78 is 0. The van der Waals surface area contributed by atoms with Crippen LogP contribution in [-0.2, 0) is 11.2 Å². The first kappa shape index (κ1) is 15.3. The van der Waals surface area contributed by atoms with E-state index >= 15 is 0 Å². The molecule has 1 aromatic rings. The van der Waals surface area contributed by atoms with E-state index in [4.69, 9.17) is 0 Å². The van der Waals surface area contributed by atoms with Gasteiger partial charge in [0.15, 0.2) is 0 Å². The Hall–Kier alpha value is -1.75. The Morgan fingerprint density at radius 1 is 1.26 bits per heavy atom. The van der Waals surface area contributed by atoms with Crippen LogP contribution in [0.5, 0.6) is 0 Å². The van der Waals surface area contributed by atoms with E-state index in [1.54, 1.807) is 0 Å². The number of hydrogen-bond acceptors (Lipinski definition) is 1. The summed E-state index contributed by atoms with van der Waals surface area (Å²) in [6.07, 6.45) is 2.85. The molecule has 0 aliphatic heterocycles. The summed E-state index contributed by atoms with van der Waals surface area (Å²) >= 11 is 0. The van der Waals surface area contributed by atoms with Gasteiger partial charge in [0.1, 0.15) is 0 Å². The average molecular weight is 257 g/mol. The molecular formula is C17H23NO. The molecule has 0 saturated carbocycles. The lowest BCUT2D eigenvalue weighted by molar-refractivity contribution is -0.120. The number of rotatable bonds is 5. The second-order valence-electron chi connectivity index (χ2n) is 5.06. The number of carbonyl (C=O) groups is 1. The number of hydrogen-bond donors (Lipinski definition) is 1. The first-order valence-corrected chi connectivity index (χ1v) is 6.96. The number of benzene rings is 1. The van der Waals surface area contributed by atoms with E-state index in [9.17, 15) is 4.79 Å². The molecule has 0 fully saturated rings. The maximum atomic E-state index is 11.0. The summed E-state index contributed by atoms with van der Waals surface area (Å²) in [6, 6.07) is 8.36. The lowest BCUT2D eigenvalue weighted by Gasteiger charge is -2.04. The minimum Gasteiger partial charge on any atom is -0.345 e. The number of carbonyl (C=O) groups excluding carboxylic acids is 1. The van der Waals surface area contributed by atoms with E-state index in [0.717, 1.165) is 17.9 Å². The number of nitrogens with one attached hydrogen (secondary N) is 1. The largest absolute Gasteiger partial charge is 0.345 e. The predicted octanol–water partition coefficient (Wildman–Crippen LogP) is 3.15. The van der Waals surface area contributed by atoms with Gasteiger partial charge in [0.2, 0.25) is 5.91 Å². The van der Waals surface area contributed by atoms with Crippen molar-refractivity contribution < 1.29 is 4.79 Å². The summed E-state index contributed by atoms with van der Waals surface area (Å²) in [5, 5.41) is 2.73. The highest BCUT2D eigenvalue weighted by molar-refractivity contribution is 5.75. The van der Waals surface area contributed by atoms with Crippen molar-refractivity contribution in [2.45, 2.75) is 40.0 Å². The summed E-state index contributed by atoms with van der Waals surface area (Å²) in [5.41, 5.74) is 2.36. The van der Waals surface area contributed by atoms with Gasteiger partial charge in [-0.05, 0) is 36.5 Å². The van der Waals surface area contributed by atoms with Crippen LogP contribution in [0.2, 0.25) is 0 Å². The highest BCUT2D eigenvalue weighted by Gasteiger charge is 1.97. The SMILES string of the molecule is CCC(=O)NCC#Cc1ccc(CCC(C)C)cc1. The normalized spacial score (nSPS) is 9.89. The van der Waals surface area contributed by atoms with Crippen LogP contribution in [0.4, 0.5) is 0 Å². The zero-order valence-corrected chi connectivity index (χ0v) is 12.1. The van der Waals surface area contributed by atoms with Crippen molar-refractivity contribution in [3.05, 3.63) is 35.4 Å². The minimum absolute atomic E-state index is 0.0401. The molecule has 0 radical (unpaired) electrons. The molecule has 0 unspecified atom stereocenters. The Bertz CT molecular complexity index is 448. The average Bonchev–Trinajstić information content (AvgIpc) is 2.42. The Kier molecular flexibility index (Phi) is 6.74. The molecule has 1 rings (SSSR count). The third kappa shape index (κ3) is 6.67. The van der Waals surface area contributed by atoms with Crippen molar-refractivity contribution >= 4 is 5.91 Å². The van der Waals surface area contributed by atoms with Crippen molar-refractivity contribution in [2.24, 2.45) is 5.92 Å². The zero-order valence-electron chi connectivity index (χ0n) is 12.1. The van der Waals surface area contributed by atoms with Gasteiger partial charge in [-0.25, -0.2) is 0 Å². The zero-order chi connectivity index (χ0) is 14.1. The lowest BCUT2D eigenvalue weighted by atomic mass is 10.0. The van der Waals surface area contributed by atoms with Gasteiger partial charge >= 0.3 is 0 Å². The van der Waals surface area contributed by atoms with E-state index in [-0.39, 0.29) is 5.91 Å². The van der Waals surface area contributed by atoms with E-state index in [1.165, 1.54) is 12.0 Å². The molecule has 2 heteroatoms. The molecule has 1 N–H and O–H groups in total. The third-order valence-electron chi connectivity index (χ3n) is 2.89. The van der Waals surface area contributed by atoms with Crippen LogP contribution in [0.3, 0.4) is 0 Å². The fourth-order valence-corrected chi connectivity index (χ4v) is 1.62. The molecule has 0 aliphatic carbocycles. The highest BCUT2D eigenvalue weighted by atomic mass is 16.1. The predicted molar refractivity (Wildman–Crippen MR) is 79.8 cm³/mol. The smallest absolute Gasteiger partial charge is 0.220 e. The van der Waals surface area contributed by atoms with Crippen molar-refractivity contribution in [3.63, 3.8) is 0 Å². The molecule has 0 heterocycles. The van der Waals surface area contributed by atoms with Gasteiger partial charge in [0, 0.05) is 12.0 Å². The van der Waals surface area contributed by atoms with Crippen molar-refractivity contribution in [1.82, 2.24) is 5.32 Å². The second kappa shape index (κ2) is 8.37. The molecule has 102 valence electrons. The minimum atomic E-state index is 0.0401. The van der Waals surface area contributed by atoms with E-state index in [2.05, 4.69) is 43.1 Å². The maximum Gasteiger partial charge on any atom is 0.220 e. The Labute approximate surface area is 116 Å². The van der Waals surface area contributed by atoms with Crippen LogP contribution < -0.4 is 5.32 Å². The Balaban J connectivity index is 2.43. The van der Waals surface area contributed by atoms with Crippen LogP contribution in [-0.4, -0.2) is 12.5 Å². The standard InChI is InChI=1S/C17H23NO/c1-4-17(19)18-13-5-6-15-9-11-16(12-10-15)8-7-14(2)3/h9-12,14H,4,7-8,13H2,1-3H3,(H,18,19). The van der Waals surface area contributed by atoms with Crippen LogP contribution >= 0.6 is 0 Å². The van der Waals surface area contributed by atoms with Crippen LogP contribution in [0.15, 0.2) is 24.3 Å². The summed E-state index contributed by atoms with van der Waals surface area (Å²) in [6.45, 7) is 6.73. The third-order valence-corrected chi connectivity index (χ3v) is 2.89. The maximum absolute atomic E-state index is 11.0. The monoisotopic (exact) mass is 257 g/mol. The van der Waals surface area contributed by atoms with E-state index in [1.807, 2.05) is 19.1 Å². The molecule has 0 spiro atoms. The first-order valence-electron chi connectivity index (χ1n) is 6.96. The molecule has 2 nitrogen and oxygen atoms in total. The second-order valence-corrected chi connectivity index (χ2v) is 5.06. The topological polar surface area (TPSA) is 29.1 Å². The number of amides is 1. The summed E-state index contributed by atoms with van der Waals surface area (Å²) in [5.74, 6) is 6.78. The summed E-state index contributed by atoms with van der Waals surface area (Å²) in [4.78, 5) is 11.0. The Morgan fingerprint density at radius 2 is 1.95 bits per heavy atom. The molecule has 0 aliphatic rings. The molecule has 0 saturated heterocycles. The fraction of sp³-hybridized carbons (Fsp3) is 0.471. The highest BCUT2D eigenvalue weighted by Crippen LogP contribution is 2.09. The van der Waals surface area contributed by atoms with Crippen molar-refractivity contribution in [3.8, 4) is 11.8 Å². The quantitative estimate of drug-likeness (QED) is 0.807. The van der Waals surface area contributed by atoms with Crippen LogP contribution in [0.25, 0.3) is 0 Å². The van der Waals surface area contributed by atoms with Crippen molar-refractivity contribution in [1.29, 1.82) is 0 Å².